The van der Waals surface area contributed by atoms with E-state index in [4.69, 9.17) is 23.2 Å². The molecule has 0 aliphatic carbocycles. The van der Waals surface area contributed by atoms with Gasteiger partial charge in [0.2, 0.25) is 5.95 Å². The first-order chi connectivity index (χ1) is 15.9. The zero-order chi connectivity index (χ0) is 23.5. The summed E-state index contributed by atoms with van der Waals surface area (Å²) in [6, 6.07) is 15.6. The number of anilines is 1. The highest BCUT2D eigenvalue weighted by Gasteiger charge is 2.20. The van der Waals surface area contributed by atoms with Crippen LogP contribution in [0, 0.1) is 0 Å². The first-order valence-corrected chi connectivity index (χ1v) is 11.5. The molecule has 0 saturated carbocycles. The van der Waals surface area contributed by atoms with Crippen LogP contribution in [0.1, 0.15) is 24.0 Å². The first kappa shape index (κ1) is 23.1. The average Bonchev–Trinajstić information content (AvgIpc) is 3.17. The van der Waals surface area contributed by atoms with Crippen LogP contribution in [0.5, 0.6) is 0 Å². The van der Waals surface area contributed by atoms with Gasteiger partial charge in [0.15, 0.2) is 11.2 Å². The second-order valence-corrected chi connectivity index (χ2v) is 8.78. The summed E-state index contributed by atoms with van der Waals surface area (Å²) in [5.74, 6) is 0.499. The fraction of sp³-hybridized carbons (Fsp3) is 0.292. The molecule has 0 fully saturated rings. The second kappa shape index (κ2) is 9.85. The predicted molar refractivity (Wildman–Crippen MR) is 134 cm³/mol. The van der Waals surface area contributed by atoms with Gasteiger partial charge >= 0.3 is 5.69 Å². The Morgan fingerprint density at radius 2 is 1.61 bits per heavy atom. The molecule has 2 aromatic heterocycles. The normalized spacial score (nSPS) is 11.3. The molecule has 0 unspecified atom stereocenters. The molecule has 0 atom stereocenters. The monoisotopic (exact) mass is 485 g/mol. The lowest BCUT2D eigenvalue weighted by atomic mass is 10.1. The highest BCUT2D eigenvalue weighted by molar-refractivity contribution is 6.36. The Labute approximate surface area is 201 Å². The maximum absolute atomic E-state index is 13.0. The summed E-state index contributed by atoms with van der Waals surface area (Å²) in [5, 5.41) is 4.34. The van der Waals surface area contributed by atoms with Crippen LogP contribution in [-0.2, 0) is 27.1 Å². The number of rotatable bonds is 8. The SMILES string of the molecule is Cn1c(=O)c2c(nc(NCCCCc3ccccc3)n2Cc2c(Cl)cccc2Cl)n(C)c1=O. The number of nitrogens with one attached hydrogen (secondary N) is 1. The van der Waals surface area contributed by atoms with E-state index in [2.05, 4.69) is 22.4 Å². The summed E-state index contributed by atoms with van der Waals surface area (Å²) < 4.78 is 4.21. The molecule has 0 bridgehead atoms. The molecule has 4 rings (SSSR count). The van der Waals surface area contributed by atoms with E-state index in [-0.39, 0.29) is 6.54 Å². The number of unbranched alkanes of at least 4 members (excludes halogenated alkanes) is 1. The molecule has 2 heterocycles. The van der Waals surface area contributed by atoms with Gasteiger partial charge in [0, 0.05) is 36.2 Å². The molecule has 4 aromatic rings. The average molecular weight is 486 g/mol. The lowest BCUT2D eigenvalue weighted by Crippen LogP contribution is -2.37. The second-order valence-electron chi connectivity index (χ2n) is 7.97. The van der Waals surface area contributed by atoms with Gasteiger partial charge in [-0.15, -0.1) is 0 Å². The van der Waals surface area contributed by atoms with E-state index in [0.717, 1.165) is 23.8 Å². The number of aromatic nitrogens is 4. The Bertz CT molecular complexity index is 1390. The molecule has 1 N–H and O–H groups in total. The summed E-state index contributed by atoms with van der Waals surface area (Å²) in [6.07, 6.45) is 2.92. The maximum Gasteiger partial charge on any atom is 0.332 e. The van der Waals surface area contributed by atoms with Gasteiger partial charge in [0.05, 0.1) is 6.54 Å². The molecule has 2 aromatic carbocycles. The van der Waals surface area contributed by atoms with Gasteiger partial charge in [-0.25, -0.2) is 4.79 Å². The molecule has 172 valence electrons. The van der Waals surface area contributed by atoms with E-state index >= 15 is 0 Å². The predicted octanol–water partition coefficient (Wildman–Crippen LogP) is 4.22. The molecule has 0 aliphatic rings. The molecule has 33 heavy (non-hydrogen) atoms. The molecule has 9 heteroatoms. The van der Waals surface area contributed by atoms with Crippen LogP contribution in [0.2, 0.25) is 10.0 Å². The van der Waals surface area contributed by atoms with Crippen molar-refractivity contribution in [3.05, 3.63) is 90.5 Å². The van der Waals surface area contributed by atoms with Crippen molar-refractivity contribution < 1.29 is 0 Å². The van der Waals surface area contributed by atoms with Gasteiger partial charge in [-0.3, -0.25) is 18.5 Å². The van der Waals surface area contributed by atoms with Crippen molar-refractivity contribution in [3.63, 3.8) is 0 Å². The summed E-state index contributed by atoms with van der Waals surface area (Å²) in [6.45, 7) is 0.912. The van der Waals surface area contributed by atoms with Gasteiger partial charge in [0.25, 0.3) is 5.56 Å². The fourth-order valence-electron chi connectivity index (χ4n) is 3.88. The summed E-state index contributed by atoms with van der Waals surface area (Å²) in [5.41, 5.74) is 1.78. The van der Waals surface area contributed by atoms with Gasteiger partial charge in [0.1, 0.15) is 0 Å². The van der Waals surface area contributed by atoms with Crippen LogP contribution in [0.3, 0.4) is 0 Å². The third-order valence-electron chi connectivity index (χ3n) is 5.74. The molecule has 0 radical (unpaired) electrons. The van der Waals surface area contributed by atoms with Crippen LogP contribution >= 0.6 is 23.2 Å². The van der Waals surface area contributed by atoms with Gasteiger partial charge in [-0.1, -0.05) is 59.6 Å². The van der Waals surface area contributed by atoms with Crippen molar-refractivity contribution in [2.24, 2.45) is 14.1 Å². The maximum atomic E-state index is 13.0. The number of imidazole rings is 1. The van der Waals surface area contributed by atoms with Crippen LogP contribution in [0.15, 0.2) is 58.1 Å². The van der Waals surface area contributed by atoms with E-state index in [1.165, 1.54) is 17.2 Å². The minimum absolute atomic E-state index is 0.245. The van der Waals surface area contributed by atoms with Crippen molar-refractivity contribution in [3.8, 4) is 0 Å². The Kier molecular flexibility index (Phi) is 6.91. The van der Waals surface area contributed by atoms with Crippen molar-refractivity contribution in [1.82, 2.24) is 18.7 Å². The van der Waals surface area contributed by atoms with Gasteiger partial charge < -0.3 is 5.32 Å². The topological polar surface area (TPSA) is 73.8 Å². The van der Waals surface area contributed by atoms with E-state index in [9.17, 15) is 9.59 Å². The molecule has 0 spiro atoms. The number of fused-ring (bicyclic) bond motifs is 1. The third kappa shape index (κ3) is 4.70. The Morgan fingerprint density at radius 1 is 0.909 bits per heavy atom. The molecule has 0 saturated heterocycles. The zero-order valence-corrected chi connectivity index (χ0v) is 20.0. The van der Waals surface area contributed by atoms with Crippen molar-refractivity contribution in [2.45, 2.75) is 25.8 Å². The summed E-state index contributed by atoms with van der Waals surface area (Å²) in [4.78, 5) is 30.1. The third-order valence-corrected chi connectivity index (χ3v) is 6.45. The van der Waals surface area contributed by atoms with Gasteiger partial charge in [-0.05, 0) is 37.0 Å². The lowest BCUT2D eigenvalue weighted by Gasteiger charge is -2.13. The van der Waals surface area contributed by atoms with E-state index in [1.807, 2.05) is 18.2 Å². The molecule has 0 amide bonds. The van der Waals surface area contributed by atoms with Gasteiger partial charge in [-0.2, -0.15) is 4.98 Å². The zero-order valence-electron chi connectivity index (χ0n) is 18.5. The quantitative estimate of drug-likeness (QED) is 0.379. The molecular weight excluding hydrogens is 461 g/mol. The highest BCUT2D eigenvalue weighted by Crippen LogP contribution is 2.27. The Balaban J connectivity index is 1.65. The summed E-state index contributed by atoms with van der Waals surface area (Å²) in [7, 11) is 3.06. The van der Waals surface area contributed by atoms with E-state index in [1.54, 1.807) is 29.8 Å². The number of hydrogen-bond donors (Lipinski definition) is 1. The standard InChI is InChI=1S/C24H25Cl2N5O2/c1-29-21-20(22(32)30(2)24(29)33)31(15-17-18(25)12-8-13-19(17)26)23(28-21)27-14-7-6-11-16-9-4-3-5-10-16/h3-5,8-10,12-13H,6-7,11,14-15H2,1-2H3,(H,27,28). The highest BCUT2D eigenvalue weighted by atomic mass is 35.5. The molecule has 0 aliphatic heterocycles. The minimum Gasteiger partial charge on any atom is -0.356 e. The number of halogens is 2. The molecule has 7 nitrogen and oxygen atoms in total. The van der Waals surface area contributed by atoms with E-state index in [0.29, 0.717) is 39.3 Å². The largest absolute Gasteiger partial charge is 0.356 e. The lowest BCUT2D eigenvalue weighted by molar-refractivity contribution is 0.702. The summed E-state index contributed by atoms with van der Waals surface area (Å²) >= 11 is 12.8. The van der Waals surface area contributed by atoms with Crippen LogP contribution < -0.4 is 16.6 Å². The Morgan fingerprint density at radius 3 is 2.30 bits per heavy atom. The number of nitrogens with zero attached hydrogens (tertiary/aromatic N) is 4. The van der Waals surface area contributed by atoms with Crippen molar-refractivity contribution in [1.29, 1.82) is 0 Å². The van der Waals surface area contributed by atoms with E-state index < -0.39 is 11.2 Å². The molecular formula is C24H25Cl2N5O2. The smallest absolute Gasteiger partial charge is 0.332 e. The van der Waals surface area contributed by atoms with Crippen molar-refractivity contribution in [2.75, 3.05) is 11.9 Å². The first-order valence-electron chi connectivity index (χ1n) is 10.8. The number of hydrogen-bond acceptors (Lipinski definition) is 4. The number of benzene rings is 2. The number of aryl methyl sites for hydroxylation is 2. The van der Waals surface area contributed by atoms with Crippen LogP contribution in [0.4, 0.5) is 5.95 Å². The van der Waals surface area contributed by atoms with Crippen LogP contribution in [0.25, 0.3) is 11.2 Å². The minimum atomic E-state index is -0.428. The van der Waals surface area contributed by atoms with Crippen molar-refractivity contribution >= 4 is 40.3 Å². The Hall–Kier alpha value is -3.03. The van der Waals surface area contributed by atoms with Crippen LogP contribution in [-0.4, -0.2) is 25.2 Å². The fourth-order valence-corrected chi connectivity index (χ4v) is 4.39.